The summed E-state index contributed by atoms with van der Waals surface area (Å²) in [5.74, 6) is 2.30. The van der Waals surface area contributed by atoms with E-state index in [9.17, 15) is 0 Å². The summed E-state index contributed by atoms with van der Waals surface area (Å²) in [5, 5.41) is 4.86. The Morgan fingerprint density at radius 3 is 1.23 bits per heavy atom. The van der Waals surface area contributed by atoms with E-state index in [0.29, 0.717) is 6.54 Å². The molecule has 8 aromatic rings. The molecule has 0 unspecified atom stereocenters. The third kappa shape index (κ3) is 5.20. The summed E-state index contributed by atoms with van der Waals surface area (Å²) in [6.45, 7) is 5.26. The van der Waals surface area contributed by atoms with Crippen LogP contribution >= 0.6 is 0 Å². The molecule has 3 heteroatoms. The van der Waals surface area contributed by atoms with Gasteiger partial charge in [-0.25, -0.2) is 0 Å². The van der Waals surface area contributed by atoms with Crippen molar-refractivity contribution in [3.8, 4) is 0 Å². The first-order valence-electron chi connectivity index (χ1n) is 16.6. The largest absolute Gasteiger partial charge is 0.308 e. The third-order valence-corrected chi connectivity index (χ3v) is 9.40. The average molecular weight is 620 g/mol. The van der Waals surface area contributed by atoms with Gasteiger partial charge in [0.05, 0.1) is 17.9 Å². The maximum Gasteiger partial charge on any atom is 0.122 e. The van der Waals surface area contributed by atoms with Crippen LogP contribution in [0.4, 0.5) is 34.4 Å². The van der Waals surface area contributed by atoms with Crippen molar-refractivity contribution in [1.29, 1.82) is 0 Å². The zero-order valence-electron chi connectivity index (χ0n) is 27.3. The van der Waals surface area contributed by atoms with Crippen LogP contribution in [-0.4, -0.2) is 4.57 Å². The Bertz CT molecular complexity index is 2180. The van der Waals surface area contributed by atoms with E-state index in [4.69, 9.17) is 0 Å². The molecular weight excluding hydrogens is 583 g/mol. The summed E-state index contributed by atoms with van der Waals surface area (Å²) in [5.41, 5.74) is 8.25. The molecule has 0 aliphatic heterocycles. The van der Waals surface area contributed by atoms with Crippen LogP contribution in [-0.2, 0) is 6.54 Å². The number of aromatic nitrogens is 1. The van der Waals surface area contributed by atoms with Crippen molar-refractivity contribution in [1.82, 2.24) is 4.57 Å². The summed E-state index contributed by atoms with van der Waals surface area (Å²) in [6.07, 6.45) is 0. The van der Waals surface area contributed by atoms with Crippen molar-refractivity contribution in [2.75, 3.05) is 9.80 Å². The first-order chi connectivity index (χ1) is 23.7. The molecule has 232 valence electrons. The number of rotatable bonds is 8. The zero-order valence-corrected chi connectivity index (χ0v) is 27.3. The standard InChI is InChI=1S/C45H37N3/c1-33-34(2)45(48(39-26-10-5-11-27-39)43-31-17-23-37-21-13-15-29-41(37)43)46(32-35-18-6-3-7-19-35)44(33)47(38-24-8-4-9-25-38)42-30-16-22-36-20-12-14-28-40(36)42/h3-31H,32H2,1-2H3. The van der Waals surface area contributed by atoms with Gasteiger partial charge in [-0.1, -0.05) is 140 Å². The third-order valence-electron chi connectivity index (χ3n) is 9.40. The van der Waals surface area contributed by atoms with E-state index in [1.54, 1.807) is 0 Å². The van der Waals surface area contributed by atoms with E-state index in [1.165, 1.54) is 38.2 Å². The molecule has 0 aliphatic carbocycles. The van der Waals surface area contributed by atoms with Crippen molar-refractivity contribution in [3.05, 3.63) is 193 Å². The second-order valence-corrected chi connectivity index (χ2v) is 12.3. The molecule has 0 bridgehead atoms. The number of nitrogens with zero attached hydrogens (tertiary/aromatic N) is 3. The second kappa shape index (κ2) is 12.6. The molecule has 0 saturated carbocycles. The van der Waals surface area contributed by atoms with Crippen LogP contribution in [0.1, 0.15) is 16.7 Å². The molecule has 0 atom stereocenters. The van der Waals surface area contributed by atoms with Crippen LogP contribution in [0.25, 0.3) is 21.5 Å². The fourth-order valence-electron chi connectivity index (χ4n) is 7.04. The molecule has 1 heterocycles. The van der Waals surface area contributed by atoms with Gasteiger partial charge in [0, 0.05) is 22.1 Å². The topological polar surface area (TPSA) is 11.4 Å². The van der Waals surface area contributed by atoms with E-state index in [1.807, 2.05) is 0 Å². The Balaban J connectivity index is 1.48. The minimum Gasteiger partial charge on any atom is -0.308 e. The molecule has 0 amide bonds. The highest BCUT2D eigenvalue weighted by Crippen LogP contribution is 2.49. The maximum absolute atomic E-state index is 2.53. The quantitative estimate of drug-likeness (QED) is 0.168. The lowest BCUT2D eigenvalue weighted by Crippen LogP contribution is -2.20. The number of para-hydroxylation sites is 2. The van der Waals surface area contributed by atoms with E-state index in [0.717, 1.165) is 34.4 Å². The summed E-state index contributed by atoms with van der Waals surface area (Å²) in [7, 11) is 0. The van der Waals surface area contributed by atoms with E-state index < -0.39 is 0 Å². The maximum atomic E-state index is 2.53. The lowest BCUT2D eigenvalue weighted by Gasteiger charge is -2.32. The highest BCUT2D eigenvalue weighted by atomic mass is 15.3. The summed E-state index contributed by atoms with van der Waals surface area (Å²) < 4.78 is 2.53. The van der Waals surface area contributed by atoms with Gasteiger partial charge in [0.15, 0.2) is 0 Å². The number of hydrogen-bond acceptors (Lipinski definition) is 2. The van der Waals surface area contributed by atoms with Crippen molar-refractivity contribution in [2.45, 2.75) is 20.4 Å². The van der Waals surface area contributed by atoms with Gasteiger partial charge in [0.25, 0.3) is 0 Å². The highest BCUT2D eigenvalue weighted by Gasteiger charge is 2.30. The lowest BCUT2D eigenvalue weighted by atomic mass is 10.1. The van der Waals surface area contributed by atoms with Gasteiger partial charge in [-0.3, -0.25) is 9.80 Å². The van der Waals surface area contributed by atoms with Gasteiger partial charge < -0.3 is 4.57 Å². The number of hydrogen-bond donors (Lipinski definition) is 0. The van der Waals surface area contributed by atoms with Gasteiger partial charge >= 0.3 is 0 Å². The SMILES string of the molecule is Cc1c(C)c(N(c2ccccc2)c2cccc3ccccc23)n(Cc2ccccc2)c1N(c1ccccc1)c1cccc2ccccc12. The number of benzene rings is 7. The summed E-state index contributed by atoms with van der Waals surface area (Å²) in [4.78, 5) is 4.92. The molecule has 0 spiro atoms. The molecule has 0 fully saturated rings. The van der Waals surface area contributed by atoms with Crippen molar-refractivity contribution >= 4 is 55.9 Å². The average Bonchev–Trinajstić information content (AvgIpc) is 3.38. The molecule has 0 N–H and O–H groups in total. The predicted octanol–water partition coefficient (Wildman–Crippen LogP) is 12.4. The number of anilines is 6. The summed E-state index contributed by atoms with van der Waals surface area (Å²) >= 11 is 0. The van der Waals surface area contributed by atoms with Gasteiger partial charge in [0.1, 0.15) is 11.6 Å². The van der Waals surface area contributed by atoms with Crippen molar-refractivity contribution < 1.29 is 0 Å². The Hall–Kier alpha value is -6.06. The fraction of sp³-hybridized carbons (Fsp3) is 0.0667. The van der Waals surface area contributed by atoms with Crippen LogP contribution in [0.2, 0.25) is 0 Å². The smallest absolute Gasteiger partial charge is 0.122 e. The minimum absolute atomic E-state index is 0.697. The molecule has 3 nitrogen and oxygen atoms in total. The molecule has 1 aromatic heterocycles. The Morgan fingerprint density at radius 1 is 0.396 bits per heavy atom. The minimum atomic E-state index is 0.697. The molecule has 0 radical (unpaired) electrons. The molecule has 0 aliphatic rings. The zero-order chi connectivity index (χ0) is 32.5. The van der Waals surface area contributed by atoms with Gasteiger partial charge in [0.2, 0.25) is 0 Å². The Labute approximate surface area is 282 Å². The first kappa shape index (κ1) is 29.3. The van der Waals surface area contributed by atoms with E-state index in [-0.39, 0.29) is 0 Å². The van der Waals surface area contributed by atoms with Gasteiger partial charge in [-0.05, 0) is 77.7 Å². The van der Waals surface area contributed by atoms with Crippen LogP contribution in [0.15, 0.2) is 176 Å². The first-order valence-corrected chi connectivity index (χ1v) is 16.6. The van der Waals surface area contributed by atoms with Gasteiger partial charge in [-0.2, -0.15) is 0 Å². The van der Waals surface area contributed by atoms with Crippen LogP contribution in [0.3, 0.4) is 0 Å². The van der Waals surface area contributed by atoms with Gasteiger partial charge in [-0.15, -0.1) is 0 Å². The molecule has 0 saturated heterocycles. The molecule has 48 heavy (non-hydrogen) atoms. The normalized spacial score (nSPS) is 11.2. The predicted molar refractivity (Wildman–Crippen MR) is 204 cm³/mol. The fourth-order valence-corrected chi connectivity index (χ4v) is 7.04. The second-order valence-electron chi connectivity index (χ2n) is 12.3. The highest BCUT2D eigenvalue weighted by molar-refractivity contribution is 6.01. The lowest BCUT2D eigenvalue weighted by molar-refractivity contribution is 0.796. The van der Waals surface area contributed by atoms with Crippen LogP contribution in [0, 0.1) is 13.8 Å². The van der Waals surface area contributed by atoms with E-state index >= 15 is 0 Å². The van der Waals surface area contributed by atoms with Crippen LogP contribution < -0.4 is 9.80 Å². The summed E-state index contributed by atoms with van der Waals surface area (Å²) in [6, 6.07) is 63.1. The molecule has 8 rings (SSSR count). The van der Waals surface area contributed by atoms with Crippen molar-refractivity contribution in [2.24, 2.45) is 0 Å². The molecule has 7 aromatic carbocycles. The number of fused-ring (bicyclic) bond motifs is 2. The monoisotopic (exact) mass is 619 g/mol. The van der Waals surface area contributed by atoms with E-state index in [2.05, 4.69) is 204 Å². The van der Waals surface area contributed by atoms with Crippen molar-refractivity contribution in [3.63, 3.8) is 0 Å². The Kier molecular flexibility index (Phi) is 7.72. The Morgan fingerprint density at radius 2 is 0.771 bits per heavy atom. The van der Waals surface area contributed by atoms with Crippen LogP contribution in [0.5, 0.6) is 0 Å². The molecular formula is C45H37N3.